The number of morpholine rings is 1. The molecule has 1 aliphatic rings. The molecule has 182 valence electrons. The van der Waals surface area contributed by atoms with E-state index >= 15 is 4.39 Å². The summed E-state index contributed by atoms with van der Waals surface area (Å²) in [4.78, 5) is 2.22. The molecule has 4 rings (SSSR count). The first-order valence-corrected chi connectivity index (χ1v) is 12.8. The molecule has 3 aromatic rings. The Morgan fingerprint density at radius 1 is 1.12 bits per heavy atom. The second-order valence-electron chi connectivity index (χ2n) is 8.07. The van der Waals surface area contributed by atoms with E-state index < -0.39 is 27.3 Å². The van der Waals surface area contributed by atoms with Crippen LogP contribution in [0.4, 0.5) is 20.2 Å². The molecule has 0 unspecified atom stereocenters. The first-order valence-electron chi connectivity index (χ1n) is 11.2. The van der Waals surface area contributed by atoms with Crippen molar-refractivity contribution in [2.45, 2.75) is 26.7 Å². The first kappa shape index (κ1) is 24.1. The summed E-state index contributed by atoms with van der Waals surface area (Å²) in [5, 5.41) is 8.07. The lowest BCUT2D eigenvalue weighted by molar-refractivity contribution is 0.122. The Kier molecular flexibility index (Phi) is 7.13. The fourth-order valence-electron chi connectivity index (χ4n) is 3.85. The molecule has 1 saturated heterocycles. The minimum Gasteiger partial charge on any atom is -0.378 e. The lowest BCUT2D eigenvalue weighted by Gasteiger charge is -2.29. The van der Waals surface area contributed by atoms with Gasteiger partial charge in [-0.1, -0.05) is 19.1 Å². The van der Waals surface area contributed by atoms with Gasteiger partial charge in [0.2, 0.25) is 10.0 Å². The molecular weight excluding hydrogens is 464 g/mol. The van der Waals surface area contributed by atoms with E-state index in [9.17, 15) is 12.8 Å². The van der Waals surface area contributed by atoms with Gasteiger partial charge in [-0.3, -0.25) is 4.72 Å². The summed E-state index contributed by atoms with van der Waals surface area (Å²) in [5.41, 5.74) is 2.49. The molecule has 0 saturated carbocycles. The Morgan fingerprint density at radius 3 is 2.59 bits per heavy atom. The molecular formula is C23H27F2N5O3S. The number of rotatable bonds is 8. The minimum absolute atomic E-state index is 0.175. The molecule has 34 heavy (non-hydrogen) atoms. The van der Waals surface area contributed by atoms with Crippen molar-refractivity contribution in [2.24, 2.45) is 0 Å². The van der Waals surface area contributed by atoms with Crippen LogP contribution in [0.15, 0.2) is 36.5 Å². The largest absolute Gasteiger partial charge is 0.378 e. The Hall–Kier alpha value is -3.05. The lowest BCUT2D eigenvalue weighted by atomic mass is 10.0. The summed E-state index contributed by atoms with van der Waals surface area (Å²) < 4.78 is 62.5. The summed E-state index contributed by atoms with van der Waals surface area (Å²) >= 11 is 0. The van der Waals surface area contributed by atoms with Crippen molar-refractivity contribution >= 4 is 21.4 Å². The summed E-state index contributed by atoms with van der Waals surface area (Å²) in [7, 11) is -3.75. The number of sulfonamides is 1. The maximum absolute atomic E-state index is 15.2. The first-order chi connectivity index (χ1) is 16.3. The van der Waals surface area contributed by atoms with E-state index in [-0.39, 0.29) is 11.4 Å². The van der Waals surface area contributed by atoms with Gasteiger partial charge in [-0.2, -0.15) is 0 Å². The molecule has 0 spiro atoms. The number of ether oxygens (including phenoxy) is 1. The van der Waals surface area contributed by atoms with Crippen molar-refractivity contribution in [1.82, 2.24) is 15.0 Å². The van der Waals surface area contributed by atoms with Crippen molar-refractivity contribution in [1.29, 1.82) is 0 Å². The fourth-order valence-corrected chi connectivity index (χ4v) is 4.98. The molecule has 0 bridgehead atoms. The second kappa shape index (κ2) is 10.1. The number of hydrogen-bond donors (Lipinski definition) is 1. The molecule has 1 aliphatic heterocycles. The normalized spacial score (nSPS) is 14.4. The number of halogens is 2. The zero-order valence-electron chi connectivity index (χ0n) is 19.1. The van der Waals surface area contributed by atoms with Gasteiger partial charge in [-0.25, -0.2) is 21.9 Å². The average Bonchev–Trinajstić information content (AvgIpc) is 3.31. The number of aromatic nitrogens is 3. The molecule has 8 nitrogen and oxygen atoms in total. The van der Waals surface area contributed by atoms with E-state index in [2.05, 4.69) is 32.9 Å². The maximum atomic E-state index is 15.2. The van der Waals surface area contributed by atoms with Gasteiger partial charge < -0.3 is 9.64 Å². The molecule has 1 N–H and O–H groups in total. The van der Waals surface area contributed by atoms with E-state index in [0.29, 0.717) is 25.3 Å². The van der Waals surface area contributed by atoms with Gasteiger partial charge in [-0.15, -0.1) is 5.10 Å². The van der Waals surface area contributed by atoms with Gasteiger partial charge in [0.05, 0.1) is 30.9 Å². The quantitative estimate of drug-likeness (QED) is 0.516. The molecule has 0 radical (unpaired) electrons. The highest BCUT2D eigenvalue weighted by Gasteiger charge is 2.21. The summed E-state index contributed by atoms with van der Waals surface area (Å²) in [6.45, 7) is 6.60. The SMILES string of the molecule is CCCS(=O)(=O)Nc1ccc(F)c(-n2cc(-c3cc(CC)cc(N4CCOCC4)c3)nn2)c1F. The number of aryl methyl sites for hydroxylation is 1. The van der Waals surface area contributed by atoms with Crippen LogP contribution in [0.2, 0.25) is 0 Å². The number of benzene rings is 2. The van der Waals surface area contributed by atoms with Crippen LogP contribution >= 0.6 is 0 Å². The Balaban J connectivity index is 1.70. The Bertz CT molecular complexity index is 1270. The standard InChI is InChI=1S/C23H27F2N5O3S/c1-3-11-34(31,32)27-20-6-5-19(24)23(22(20)25)30-15-21(26-28-30)17-12-16(4-2)13-18(14-17)29-7-9-33-10-8-29/h5-6,12-15,27H,3-4,7-11H2,1-2H3. The number of nitrogens with one attached hydrogen (secondary N) is 1. The van der Waals surface area contributed by atoms with Crippen LogP contribution in [0.1, 0.15) is 25.8 Å². The highest BCUT2D eigenvalue weighted by Crippen LogP contribution is 2.29. The number of hydrogen-bond acceptors (Lipinski definition) is 6. The molecule has 0 atom stereocenters. The number of anilines is 2. The highest BCUT2D eigenvalue weighted by molar-refractivity contribution is 7.92. The van der Waals surface area contributed by atoms with Gasteiger partial charge in [0, 0.05) is 24.3 Å². The highest BCUT2D eigenvalue weighted by atomic mass is 32.2. The van der Waals surface area contributed by atoms with Crippen molar-refractivity contribution in [3.8, 4) is 16.9 Å². The van der Waals surface area contributed by atoms with Crippen molar-refractivity contribution in [3.05, 3.63) is 53.7 Å². The zero-order chi connectivity index (χ0) is 24.3. The van der Waals surface area contributed by atoms with E-state index in [1.54, 1.807) is 6.92 Å². The molecule has 2 aromatic carbocycles. The summed E-state index contributed by atoms with van der Waals surface area (Å²) in [6, 6.07) is 8.11. The van der Waals surface area contributed by atoms with Crippen molar-refractivity contribution < 1.29 is 21.9 Å². The molecule has 1 fully saturated rings. The smallest absolute Gasteiger partial charge is 0.232 e. The Labute approximate surface area is 197 Å². The van der Waals surface area contributed by atoms with Gasteiger partial charge in [0.25, 0.3) is 0 Å². The van der Waals surface area contributed by atoms with Crippen molar-refractivity contribution in [3.63, 3.8) is 0 Å². The van der Waals surface area contributed by atoms with Crippen LogP contribution in [0, 0.1) is 11.6 Å². The van der Waals surface area contributed by atoms with Crippen molar-refractivity contribution in [2.75, 3.05) is 41.7 Å². The van der Waals surface area contributed by atoms with Gasteiger partial charge >= 0.3 is 0 Å². The molecule has 0 amide bonds. The lowest BCUT2D eigenvalue weighted by Crippen LogP contribution is -2.36. The van der Waals surface area contributed by atoms with E-state index in [1.807, 2.05) is 12.1 Å². The average molecular weight is 492 g/mol. The molecule has 1 aromatic heterocycles. The maximum Gasteiger partial charge on any atom is 0.232 e. The Morgan fingerprint density at radius 2 is 1.88 bits per heavy atom. The van der Waals surface area contributed by atoms with Crippen LogP contribution in [0.5, 0.6) is 0 Å². The zero-order valence-corrected chi connectivity index (χ0v) is 19.9. The van der Waals surface area contributed by atoms with Crippen LogP contribution in [0.3, 0.4) is 0 Å². The van der Waals surface area contributed by atoms with Crippen LogP contribution in [-0.4, -0.2) is 55.5 Å². The predicted molar refractivity (Wildman–Crippen MR) is 127 cm³/mol. The summed E-state index contributed by atoms with van der Waals surface area (Å²) in [5.74, 6) is -2.12. The van der Waals surface area contributed by atoms with E-state index in [4.69, 9.17) is 4.74 Å². The van der Waals surface area contributed by atoms with Crippen LogP contribution in [0.25, 0.3) is 16.9 Å². The molecule has 2 heterocycles. The number of nitrogens with zero attached hydrogens (tertiary/aromatic N) is 4. The van der Waals surface area contributed by atoms with Gasteiger partial charge in [-0.05, 0) is 48.7 Å². The van der Waals surface area contributed by atoms with E-state index in [0.717, 1.165) is 53.1 Å². The minimum atomic E-state index is -3.75. The van der Waals surface area contributed by atoms with E-state index in [1.165, 1.54) is 6.20 Å². The molecule has 0 aliphatic carbocycles. The second-order valence-corrected chi connectivity index (χ2v) is 9.91. The monoisotopic (exact) mass is 491 g/mol. The third kappa shape index (κ3) is 5.20. The third-order valence-electron chi connectivity index (χ3n) is 5.59. The molecule has 11 heteroatoms. The third-order valence-corrected chi connectivity index (χ3v) is 7.06. The predicted octanol–water partition coefficient (Wildman–Crippen LogP) is 3.76. The van der Waals surface area contributed by atoms with Gasteiger partial charge in [0.15, 0.2) is 11.6 Å². The topological polar surface area (TPSA) is 89.4 Å². The summed E-state index contributed by atoms with van der Waals surface area (Å²) in [6.07, 6.45) is 2.60. The van der Waals surface area contributed by atoms with Gasteiger partial charge in [0.1, 0.15) is 11.4 Å². The van der Waals surface area contributed by atoms with Crippen LogP contribution < -0.4 is 9.62 Å². The fraction of sp³-hybridized carbons (Fsp3) is 0.391. The van der Waals surface area contributed by atoms with Crippen LogP contribution in [-0.2, 0) is 21.2 Å².